The standard InChI is InChI=1S/C14H21NO2/c1-10-7-6-8-11(13(10)17-5)15-12(16)9-14(2,3)4/h6-8H,9H2,1-5H3,(H,15,16). The first-order chi connectivity index (χ1) is 7.83. The molecule has 0 unspecified atom stereocenters. The Hall–Kier alpha value is -1.51. The Bertz CT molecular complexity index is 405. The molecule has 0 aliphatic rings. The summed E-state index contributed by atoms with van der Waals surface area (Å²) in [6.45, 7) is 8.08. The molecule has 0 atom stereocenters. The monoisotopic (exact) mass is 235 g/mol. The highest BCUT2D eigenvalue weighted by atomic mass is 16.5. The molecule has 3 heteroatoms. The summed E-state index contributed by atoms with van der Waals surface area (Å²) in [7, 11) is 1.61. The topological polar surface area (TPSA) is 38.3 Å². The van der Waals surface area contributed by atoms with Gasteiger partial charge in [0.1, 0.15) is 5.75 Å². The van der Waals surface area contributed by atoms with Crippen molar-refractivity contribution in [2.45, 2.75) is 34.1 Å². The predicted molar refractivity (Wildman–Crippen MR) is 70.4 cm³/mol. The number of ether oxygens (including phenoxy) is 1. The van der Waals surface area contributed by atoms with Gasteiger partial charge in [0.25, 0.3) is 0 Å². The van der Waals surface area contributed by atoms with Crippen LogP contribution in [0.2, 0.25) is 0 Å². The zero-order valence-corrected chi connectivity index (χ0v) is 11.3. The van der Waals surface area contributed by atoms with Gasteiger partial charge in [-0.05, 0) is 24.0 Å². The van der Waals surface area contributed by atoms with E-state index < -0.39 is 0 Å². The fraction of sp³-hybridized carbons (Fsp3) is 0.500. The fourth-order valence-electron chi connectivity index (χ4n) is 1.70. The molecular formula is C14H21NO2. The van der Waals surface area contributed by atoms with Gasteiger partial charge in [0.15, 0.2) is 0 Å². The number of anilines is 1. The van der Waals surface area contributed by atoms with Crippen molar-refractivity contribution < 1.29 is 9.53 Å². The van der Waals surface area contributed by atoms with Gasteiger partial charge in [-0.2, -0.15) is 0 Å². The lowest BCUT2D eigenvalue weighted by atomic mass is 9.92. The Morgan fingerprint density at radius 1 is 1.35 bits per heavy atom. The number of hydrogen-bond acceptors (Lipinski definition) is 2. The molecule has 1 aromatic rings. The van der Waals surface area contributed by atoms with Gasteiger partial charge in [0.05, 0.1) is 12.8 Å². The van der Waals surface area contributed by atoms with Crippen LogP contribution in [0.15, 0.2) is 18.2 Å². The summed E-state index contributed by atoms with van der Waals surface area (Å²) >= 11 is 0. The predicted octanol–water partition coefficient (Wildman–Crippen LogP) is 3.38. The lowest BCUT2D eigenvalue weighted by molar-refractivity contribution is -0.117. The number of benzene rings is 1. The van der Waals surface area contributed by atoms with Crippen molar-refractivity contribution >= 4 is 11.6 Å². The Morgan fingerprint density at radius 2 is 2.00 bits per heavy atom. The van der Waals surface area contributed by atoms with E-state index in [1.54, 1.807) is 7.11 Å². The molecule has 0 spiro atoms. The minimum atomic E-state index is -0.0128. The van der Waals surface area contributed by atoms with Crippen LogP contribution in [-0.2, 0) is 4.79 Å². The van der Waals surface area contributed by atoms with Crippen LogP contribution in [0.1, 0.15) is 32.8 Å². The number of nitrogens with one attached hydrogen (secondary N) is 1. The Labute approximate surface area is 103 Å². The van der Waals surface area contributed by atoms with Gasteiger partial charge in [-0.15, -0.1) is 0 Å². The maximum atomic E-state index is 11.8. The molecule has 1 N–H and O–H groups in total. The van der Waals surface area contributed by atoms with Crippen LogP contribution < -0.4 is 10.1 Å². The summed E-state index contributed by atoms with van der Waals surface area (Å²) < 4.78 is 5.29. The van der Waals surface area contributed by atoms with E-state index >= 15 is 0 Å². The summed E-state index contributed by atoms with van der Waals surface area (Å²) in [6.07, 6.45) is 0.490. The first kappa shape index (κ1) is 13.6. The van der Waals surface area contributed by atoms with E-state index in [2.05, 4.69) is 5.32 Å². The Morgan fingerprint density at radius 3 is 2.53 bits per heavy atom. The number of rotatable bonds is 3. The van der Waals surface area contributed by atoms with Gasteiger partial charge in [0, 0.05) is 6.42 Å². The second kappa shape index (κ2) is 5.21. The Kier molecular flexibility index (Phi) is 4.16. The third kappa shape index (κ3) is 4.10. The molecule has 17 heavy (non-hydrogen) atoms. The second-order valence-corrected chi connectivity index (χ2v) is 5.44. The summed E-state index contributed by atoms with van der Waals surface area (Å²) in [5, 5.41) is 2.89. The number of hydrogen-bond donors (Lipinski definition) is 1. The van der Waals surface area contributed by atoms with Gasteiger partial charge >= 0.3 is 0 Å². The lowest BCUT2D eigenvalue weighted by Gasteiger charge is -2.18. The molecule has 1 amide bonds. The van der Waals surface area contributed by atoms with Crippen LogP contribution in [0.5, 0.6) is 5.75 Å². The van der Waals surface area contributed by atoms with Crippen LogP contribution in [0.4, 0.5) is 5.69 Å². The van der Waals surface area contributed by atoms with Crippen molar-refractivity contribution in [2.75, 3.05) is 12.4 Å². The smallest absolute Gasteiger partial charge is 0.224 e. The molecule has 1 aromatic carbocycles. The minimum Gasteiger partial charge on any atom is -0.494 e. The molecule has 0 radical (unpaired) electrons. The highest BCUT2D eigenvalue weighted by Gasteiger charge is 2.17. The maximum absolute atomic E-state index is 11.8. The highest BCUT2D eigenvalue weighted by molar-refractivity contribution is 5.92. The maximum Gasteiger partial charge on any atom is 0.224 e. The molecule has 0 saturated carbocycles. The average Bonchev–Trinajstić information content (AvgIpc) is 2.14. The van der Waals surface area contributed by atoms with Crippen LogP contribution in [0.25, 0.3) is 0 Å². The molecule has 3 nitrogen and oxygen atoms in total. The zero-order valence-electron chi connectivity index (χ0n) is 11.3. The van der Waals surface area contributed by atoms with Gasteiger partial charge in [-0.1, -0.05) is 32.9 Å². The number of amides is 1. The van der Waals surface area contributed by atoms with Crippen LogP contribution >= 0.6 is 0 Å². The van der Waals surface area contributed by atoms with E-state index in [-0.39, 0.29) is 11.3 Å². The van der Waals surface area contributed by atoms with Gasteiger partial charge < -0.3 is 10.1 Å². The largest absolute Gasteiger partial charge is 0.494 e. The van der Waals surface area contributed by atoms with Crippen molar-refractivity contribution in [1.82, 2.24) is 0 Å². The molecule has 0 heterocycles. The van der Waals surface area contributed by atoms with Crippen LogP contribution in [0.3, 0.4) is 0 Å². The third-order valence-electron chi connectivity index (χ3n) is 2.38. The molecule has 1 rings (SSSR count). The summed E-state index contributed by atoms with van der Waals surface area (Å²) in [4.78, 5) is 11.8. The number of methoxy groups -OCH3 is 1. The minimum absolute atomic E-state index is 0.0128. The summed E-state index contributed by atoms with van der Waals surface area (Å²) in [5.74, 6) is 0.746. The zero-order chi connectivity index (χ0) is 13.1. The number of carbonyl (C=O) groups excluding carboxylic acids is 1. The quantitative estimate of drug-likeness (QED) is 0.872. The number of aryl methyl sites for hydroxylation is 1. The summed E-state index contributed by atoms with van der Waals surface area (Å²) in [5.41, 5.74) is 1.74. The fourth-order valence-corrected chi connectivity index (χ4v) is 1.70. The summed E-state index contributed by atoms with van der Waals surface area (Å²) in [6, 6.07) is 5.72. The van der Waals surface area contributed by atoms with Gasteiger partial charge in [0.2, 0.25) is 5.91 Å². The van der Waals surface area contributed by atoms with Crippen LogP contribution in [0, 0.1) is 12.3 Å². The van der Waals surface area contributed by atoms with E-state index in [0.29, 0.717) is 6.42 Å². The Balaban J connectivity index is 2.82. The van der Waals surface area contributed by atoms with E-state index in [0.717, 1.165) is 17.0 Å². The first-order valence-corrected chi connectivity index (χ1v) is 5.77. The highest BCUT2D eigenvalue weighted by Crippen LogP contribution is 2.29. The molecule has 0 fully saturated rings. The van der Waals surface area contributed by atoms with Gasteiger partial charge in [-0.3, -0.25) is 4.79 Å². The van der Waals surface area contributed by atoms with Crippen molar-refractivity contribution in [3.05, 3.63) is 23.8 Å². The molecule has 0 bridgehead atoms. The molecular weight excluding hydrogens is 214 g/mol. The molecule has 0 aliphatic heterocycles. The van der Waals surface area contributed by atoms with E-state index in [9.17, 15) is 4.79 Å². The second-order valence-electron chi connectivity index (χ2n) is 5.44. The lowest BCUT2D eigenvalue weighted by Crippen LogP contribution is -2.20. The SMILES string of the molecule is COc1c(C)cccc1NC(=O)CC(C)(C)C. The average molecular weight is 235 g/mol. The normalized spacial score (nSPS) is 11.1. The molecule has 94 valence electrons. The first-order valence-electron chi connectivity index (χ1n) is 5.77. The third-order valence-corrected chi connectivity index (χ3v) is 2.38. The number of carbonyl (C=O) groups is 1. The van der Waals surface area contributed by atoms with Crippen LogP contribution in [-0.4, -0.2) is 13.0 Å². The van der Waals surface area contributed by atoms with E-state index in [4.69, 9.17) is 4.74 Å². The van der Waals surface area contributed by atoms with Crippen molar-refractivity contribution in [3.8, 4) is 5.75 Å². The molecule has 0 saturated heterocycles. The molecule has 0 aliphatic carbocycles. The van der Waals surface area contributed by atoms with Crippen molar-refractivity contribution in [3.63, 3.8) is 0 Å². The van der Waals surface area contributed by atoms with E-state index in [1.807, 2.05) is 45.9 Å². The van der Waals surface area contributed by atoms with Crippen molar-refractivity contribution in [2.24, 2.45) is 5.41 Å². The van der Waals surface area contributed by atoms with Crippen molar-refractivity contribution in [1.29, 1.82) is 0 Å². The number of para-hydroxylation sites is 1. The van der Waals surface area contributed by atoms with E-state index in [1.165, 1.54) is 0 Å². The van der Waals surface area contributed by atoms with Gasteiger partial charge in [-0.25, -0.2) is 0 Å². The molecule has 0 aromatic heterocycles.